The van der Waals surface area contributed by atoms with Gasteiger partial charge in [0.05, 0.1) is 0 Å². The van der Waals surface area contributed by atoms with Crippen molar-refractivity contribution in [1.29, 1.82) is 0 Å². The molecule has 2 aromatic heterocycles. The summed E-state index contributed by atoms with van der Waals surface area (Å²) in [5.41, 5.74) is 1.71. The zero-order valence-electron chi connectivity index (χ0n) is 16.3. The summed E-state index contributed by atoms with van der Waals surface area (Å²) in [6, 6.07) is 5.69. The number of likely N-dealkylation sites (tertiary alicyclic amines) is 2. The van der Waals surface area contributed by atoms with Crippen LogP contribution in [-0.2, 0) is 11.2 Å². The molecule has 1 spiro atoms. The molecule has 2 aliphatic rings. The predicted octanol–water partition coefficient (Wildman–Crippen LogP) is 2.47. The second kappa shape index (κ2) is 7.73. The van der Waals surface area contributed by atoms with Crippen LogP contribution in [0.15, 0.2) is 35.1 Å². The zero-order valence-corrected chi connectivity index (χ0v) is 16.3. The second-order valence-corrected chi connectivity index (χ2v) is 8.04. The monoisotopic (exact) mass is 382 g/mol. The van der Waals surface area contributed by atoms with E-state index in [-0.39, 0.29) is 17.2 Å². The smallest absolute Gasteiger partial charge is 0.276 e. The molecule has 0 N–H and O–H groups in total. The second-order valence-electron chi connectivity index (χ2n) is 8.04. The molecule has 0 radical (unpaired) electrons. The summed E-state index contributed by atoms with van der Waals surface area (Å²) in [5.74, 6) is 0.830. The predicted molar refractivity (Wildman–Crippen MR) is 103 cm³/mol. The third-order valence-electron chi connectivity index (χ3n) is 6.13. The van der Waals surface area contributed by atoms with E-state index < -0.39 is 0 Å². The molecule has 2 amide bonds. The Morgan fingerprint density at radius 1 is 1.21 bits per heavy atom. The number of amides is 2. The van der Waals surface area contributed by atoms with Gasteiger partial charge in [0.1, 0.15) is 5.76 Å². The number of piperidine rings is 2. The average molecular weight is 382 g/mol. The molecule has 2 fully saturated rings. The molecule has 0 saturated carbocycles. The number of pyridine rings is 1. The largest absolute Gasteiger partial charge is 0.361 e. The van der Waals surface area contributed by atoms with Gasteiger partial charge in [-0.15, -0.1) is 0 Å². The van der Waals surface area contributed by atoms with Gasteiger partial charge in [-0.2, -0.15) is 0 Å². The van der Waals surface area contributed by atoms with Crippen molar-refractivity contribution in [3.05, 3.63) is 47.6 Å². The van der Waals surface area contributed by atoms with E-state index in [1.165, 1.54) is 5.56 Å². The van der Waals surface area contributed by atoms with Gasteiger partial charge in [0.15, 0.2) is 5.69 Å². The first-order valence-corrected chi connectivity index (χ1v) is 9.94. The highest BCUT2D eigenvalue weighted by Gasteiger charge is 2.41. The number of carbonyl (C=O) groups is 2. The molecule has 0 aliphatic carbocycles. The van der Waals surface area contributed by atoms with Gasteiger partial charge < -0.3 is 14.3 Å². The van der Waals surface area contributed by atoms with E-state index in [2.05, 4.69) is 10.1 Å². The Bertz CT molecular complexity index is 840. The van der Waals surface area contributed by atoms with Crippen LogP contribution >= 0.6 is 0 Å². The van der Waals surface area contributed by atoms with Crippen molar-refractivity contribution in [2.75, 3.05) is 26.2 Å². The molecule has 2 saturated heterocycles. The first-order chi connectivity index (χ1) is 13.5. The molecule has 28 heavy (non-hydrogen) atoms. The molecular weight excluding hydrogens is 356 g/mol. The SMILES string of the molecule is Cc1cc(C(=O)N2CCC3(CCC(=O)N(CCc4ccncc4)C3)CC2)no1. The number of hydrogen-bond donors (Lipinski definition) is 0. The van der Waals surface area contributed by atoms with Crippen molar-refractivity contribution in [2.45, 2.75) is 39.0 Å². The highest BCUT2D eigenvalue weighted by Crippen LogP contribution is 2.40. The fraction of sp³-hybridized carbons (Fsp3) is 0.524. The van der Waals surface area contributed by atoms with Crippen molar-refractivity contribution in [3.8, 4) is 0 Å². The summed E-state index contributed by atoms with van der Waals surface area (Å²) < 4.78 is 5.03. The van der Waals surface area contributed by atoms with E-state index in [0.717, 1.165) is 38.8 Å². The van der Waals surface area contributed by atoms with Crippen LogP contribution in [0.25, 0.3) is 0 Å². The van der Waals surface area contributed by atoms with Gasteiger partial charge in [-0.25, -0.2) is 0 Å². The number of aromatic nitrogens is 2. The van der Waals surface area contributed by atoms with Crippen LogP contribution in [0.5, 0.6) is 0 Å². The quantitative estimate of drug-likeness (QED) is 0.812. The molecule has 2 aromatic rings. The maximum Gasteiger partial charge on any atom is 0.276 e. The highest BCUT2D eigenvalue weighted by molar-refractivity contribution is 5.92. The van der Waals surface area contributed by atoms with Gasteiger partial charge in [0, 0.05) is 51.1 Å². The van der Waals surface area contributed by atoms with E-state index in [9.17, 15) is 9.59 Å². The fourth-order valence-corrected chi connectivity index (χ4v) is 4.34. The van der Waals surface area contributed by atoms with Crippen molar-refractivity contribution < 1.29 is 14.1 Å². The van der Waals surface area contributed by atoms with Crippen LogP contribution in [-0.4, -0.2) is 57.9 Å². The van der Waals surface area contributed by atoms with E-state index in [0.29, 0.717) is 31.0 Å². The number of hydrogen-bond acceptors (Lipinski definition) is 5. The van der Waals surface area contributed by atoms with Crippen LogP contribution in [0.1, 0.15) is 47.5 Å². The average Bonchev–Trinajstić information content (AvgIpc) is 3.16. The van der Waals surface area contributed by atoms with E-state index in [1.54, 1.807) is 25.4 Å². The molecule has 4 heterocycles. The van der Waals surface area contributed by atoms with Crippen LogP contribution in [0.2, 0.25) is 0 Å². The summed E-state index contributed by atoms with van der Waals surface area (Å²) in [5, 5.41) is 3.85. The Labute approximate surface area is 164 Å². The third kappa shape index (κ3) is 3.93. The van der Waals surface area contributed by atoms with E-state index in [1.807, 2.05) is 21.9 Å². The lowest BCUT2D eigenvalue weighted by Gasteiger charge is -2.47. The van der Waals surface area contributed by atoms with Gasteiger partial charge in [-0.05, 0) is 55.7 Å². The molecule has 2 aliphatic heterocycles. The molecule has 7 nitrogen and oxygen atoms in total. The summed E-state index contributed by atoms with van der Waals surface area (Å²) in [7, 11) is 0. The van der Waals surface area contributed by atoms with Crippen molar-refractivity contribution >= 4 is 11.8 Å². The van der Waals surface area contributed by atoms with Crippen molar-refractivity contribution in [2.24, 2.45) is 5.41 Å². The normalized spacial score (nSPS) is 19.2. The Morgan fingerprint density at radius 3 is 2.64 bits per heavy atom. The molecule has 0 atom stereocenters. The van der Waals surface area contributed by atoms with Crippen molar-refractivity contribution in [1.82, 2.24) is 19.9 Å². The van der Waals surface area contributed by atoms with Crippen molar-refractivity contribution in [3.63, 3.8) is 0 Å². The number of carbonyl (C=O) groups excluding carboxylic acids is 2. The lowest BCUT2D eigenvalue weighted by molar-refractivity contribution is -0.138. The fourth-order valence-electron chi connectivity index (χ4n) is 4.34. The standard InChI is InChI=1S/C21H26N4O3/c1-16-14-18(23-28-16)20(27)24-12-7-21(8-13-24)6-2-19(26)25(15-21)11-5-17-3-9-22-10-4-17/h3-4,9-10,14H,2,5-8,11-13,15H2,1H3. The first kappa shape index (κ1) is 18.7. The van der Waals surface area contributed by atoms with Gasteiger partial charge in [0.25, 0.3) is 5.91 Å². The number of nitrogens with zero attached hydrogens (tertiary/aromatic N) is 4. The van der Waals surface area contributed by atoms with E-state index in [4.69, 9.17) is 4.52 Å². The maximum absolute atomic E-state index is 12.6. The number of rotatable bonds is 4. The minimum Gasteiger partial charge on any atom is -0.361 e. The van der Waals surface area contributed by atoms with Gasteiger partial charge in [-0.1, -0.05) is 5.16 Å². The zero-order chi connectivity index (χ0) is 19.6. The summed E-state index contributed by atoms with van der Waals surface area (Å²) in [6.45, 7) is 4.73. The summed E-state index contributed by atoms with van der Waals surface area (Å²) in [6.07, 6.45) is 7.80. The molecule has 0 bridgehead atoms. The maximum atomic E-state index is 12.6. The minimum atomic E-state index is -0.0619. The van der Waals surface area contributed by atoms with Crippen LogP contribution < -0.4 is 0 Å². The van der Waals surface area contributed by atoms with Gasteiger partial charge in [-0.3, -0.25) is 14.6 Å². The third-order valence-corrected chi connectivity index (χ3v) is 6.13. The highest BCUT2D eigenvalue weighted by atomic mass is 16.5. The minimum absolute atomic E-state index is 0.0619. The molecule has 4 rings (SSSR count). The Morgan fingerprint density at radius 2 is 1.96 bits per heavy atom. The Balaban J connectivity index is 1.35. The van der Waals surface area contributed by atoms with Gasteiger partial charge in [0.2, 0.25) is 5.91 Å². The topological polar surface area (TPSA) is 79.5 Å². The lowest BCUT2D eigenvalue weighted by atomic mass is 9.72. The van der Waals surface area contributed by atoms with Crippen LogP contribution in [0, 0.1) is 12.3 Å². The Kier molecular flexibility index (Phi) is 5.15. The molecule has 148 valence electrons. The van der Waals surface area contributed by atoms with Crippen LogP contribution in [0.4, 0.5) is 0 Å². The number of aryl methyl sites for hydroxylation is 1. The molecule has 0 unspecified atom stereocenters. The summed E-state index contributed by atoms with van der Waals surface area (Å²) >= 11 is 0. The van der Waals surface area contributed by atoms with E-state index >= 15 is 0 Å². The first-order valence-electron chi connectivity index (χ1n) is 9.94. The summed E-state index contributed by atoms with van der Waals surface area (Å²) in [4.78, 5) is 32.9. The van der Waals surface area contributed by atoms with Gasteiger partial charge >= 0.3 is 0 Å². The molecule has 7 heteroatoms. The van der Waals surface area contributed by atoms with Crippen LogP contribution in [0.3, 0.4) is 0 Å². The lowest BCUT2D eigenvalue weighted by Crippen LogP contribution is -2.52. The molecule has 0 aromatic carbocycles. The Hall–Kier alpha value is -2.70. The molecular formula is C21H26N4O3.